The number of nitrogens with zero attached hydrogens (tertiary/aromatic N) is 2. The summed E-state index contributed by atoms with van der Waals surface area (Å²) in [6.07, 6.45) is 0. The second-order valence-corrected chi connectivity index (χ2v) is 7.31. The van der Waals surface area contributed by atoms with E-state index in [2.05, 4.69) is 40.6 Å². The number of para-hydroxylation sites is 2. The number of fused-ring (bicyclic) bond motifs is 1. The third-order valence-electron chi connectivity index (χ3n) is 3.30. The smallest absolute Gasteiger partial charge is 0.259 e. The molecular formula is C14H13IN2OS. The molecule has 3 rings (SSSR count). The minimum absolute atomic E-state index is 0.0970. The molecule has 3 nitrogen and oxygen atoms in total. The van der Waals surface area contributed by atoms with E-state index in [0.717, 1.165) is 32.9 Å². The first-order valence-electron chi connectivity index (χ1n) is 6.03. The van der Waals surface area contributed by atoms with Crippen LogP contribution in [0.15, 0.2) is 35.7 Å². The Hall–Kier alpha value is -1.08. The first-order chi connectivity index (χ1) is 9.16. The Labute approximate surface area is 130 Å². The number of rotatable bonds is 1. The molecule has 2 heterocycles. The molecule has 0 radical (unpaired) electrons. The molecule has 0 saturated carbocycles. The normalized spacial score (nSPS) is 14.4. The molecule has 1 aromatic carbocycles. The molecule has 19 heavy (non-hydrogen) atoms. The standard InChI is InChI=1S/C14H13IN2OS/c1-16-6-7-17(12-5-3-2-4-11(12)16)14(18)10-8-13(15)19-9-10/h2-5,8-9H,6-7H2,1H3. The van der Waals surface area contributed by atoms with Gasteiger partial charge in [-0.1, -0.05) is 12.1 Å². The summed E-state index contributed by atoms with van der Waals surface area (Å²) < 4.78 is 1.14. The predicted molar refractivity (Wildman–Crippen MR) is 88.4 cm³/mol. The van der Waals surface area contributed by atoms with E-state index < -0.39 is 0 Å². The topological polar surface area (TPSA) is 23.6 Å². The molecule has 1 aliphatic heterocycles. The molecule has 5 heteroatoms. The highest BCUT2D eigenvalue weighted by molar-refractivity contribution is 14.1. The van der Waals surface area contributed by atoms with Gasteiger partial charge in [-0.05, 0) is 40.8 Å². The van der Waals surface area contributed by atoms with Gasteiger partial charge < -0.3 is 9.80 Å². The summed E-state index contributed by atoms with van der Waals surface area (Å²) in [6.45, 7) is 1.60. The molecule has 2 aromatic rings. The van der Waals surface area contributed by atoms with Crippen molar-refractivity contribution in [1.29, 1.82) is 0 Å². The lowest BCUT2D eigenvalue weighted by Crippen LogP contribution is -2.42. The van der Waals surface area contributed by atoms with Crippen LogP contribution < -0.4 is 9.80 Å². The number of hydrogen-bond acceptors (Lipinski definition) is 3. The second-order valence-electron chi connectivity index (χ2n) is 4.51. The van der Waals surface area contributed by atoms with E-state index in [1.165, 1.54) is 0 Å². The number of carbonyl (C=O) groups is 1. The number of carbonyl (C=O) groups excluding carboxylic acids is 1. The van der Waals surface area contributed by atoms with Gasteiger partial charge >= 0.3 is 0 Å². The third kappa shape index (κ3) is 2.36. The van der Waals surface area contributed by atoms with Crippen molar-refractivity contribution in [2.75, 3.05) is 29.9 Å². The molecule has 1 amide bonds. The van der Waals surface area contributed by atoms with Crippen LogP contribution in [0.2, 0.25) is 0 Å². The SMILES string of the molecule is CN1CCN(C(=O)c2csc(I)c2)c2ccccc21. The number of anilines is 2. The quantitative estimate of drug-likeness (QED) is 0.704. The zero-order chi connectivity index (χ0) is 13.4. The van der Waals surface area contributed by atoms with Crippen molar-refractivity contribution in [3.8, 4) is 0 Å². The maximum atomic E-state index is 12.6. The van der Waals surface area contributed by atoms with Gasteiger partial charge in [0.2, 0.25) is 0 Å². The fourth-order valence-corrected chi connectivity index (χ4v) is 3.62. The fourth-order valence-electron chi connectivity index (χ4n) is 2.30. The molecule has 0 aliphatic carbocycles. The number of likely N-dealkylation sites (N-methyl/N-ethyl adjacent to an activating group) is 1. The third-order valence-corrected chi connectivity index (χ3v) is 5.09. The van der Waals surface area contributed by atoms with Gasteiger partial charge in [0, 0.05) is 25.5 Å². The van der Waals surface area contributed by atoms with E-state index in [4.69, 9.17) is 0 Å². The number of amides is 1. The summed E-state index contributed by atoms with van der Waals surface area (Å²) in [4.78, 5) is 16.7. The fraction of sp³-hybridized carbons (Fsp3) is 0.214. The van der Waals surface area contributed by atoms with Crippen molar-refractivity contribution >= 4 is 51.2 Å². The van der Waals surface area contributed by atoms with Gasteiger partial charge in [-0.15, -0.1) is 11.3 Å². The summed E-state index contributed by atoms with van der Waals surface area (Å²) in [5.74, 6) is 0.0970. The van der Waals surface area contributed by atoms with Gasteiger partial charge in [0.1, 0.15) is 0 Å². The predicted octanol–water partition coefficient (Wildman–Crippen LogP) is 3.45. The zero-order valence-electron chi connectivity index (χ0n) is 10.5. The minimum Gasteiger partial charge on any atom is -0.371 e. The van der Waals surface area contributed by atoms with E-state index in [-0.39, 0.29) is 5.91 Å². The lowest BCUT2D eigenvalue weighted by atomic mass is 10.1. The summed E-state index contributed by atoms with van der Waals surface area (Å²) in [6, 6.07) is 10.0. The molecule has 0 saturated heterocycles. The van der Waals surface area contributed by atoms with E-state index >= 15 is 0 Å². The van der Waals surface area contributed by atoms with E-state index in [9.17, 15) is 4.79 Å². The van der Waals surface area contributed by atoms with Crippen LogP contribution in [0.3, 0.4) is 0 Å². The Kier molecular flexibility index (Phi) is 3.49. The van der Waals surface area contributed by atoms with Crippen molar-refractivity contribution in [3.05, 3.63) is 44.2 Å². The number of hydrogen-bond donors (Lipinski definition) is 0. The van der Waals surface area contributed by atoms with Gasteiger partial charge in [-0.25, -0.2) is 0 Å². The van der Waals surface area contributed by atoms with Gasteiger partial charge in [0.05, 0.1) is 19.8 Å². The molecule has 98 valence electrons. The monoisotopic (exact) mass is 384 g/mol. The lowest BCUT2D eigenvalue weighted by Gasteiger charge is -2.35. The summed E-state index contributed by atoms with van der Waals surface area (Å²) in [5.41, 5.74) is 2.91. The van der Waals surface area contributed by atoms with Crippen molar-refractivity contribution in [2.24, 2.45) is 0 Å². The Balaban J connectivity index is 1.98. The largest absolute Gasteiger partial charge is 0.371 e. The zero-order valence-corrected chi connectivity index (χ0v) is 13.4. The van der Waals surface area contributed by atoms with E-state index in [1.54, 1.807) is 11.3 Å². The molecular weight excluding hydrogens is 371 g/mol. The first kappa shape index (κ1) is 12.9. The number of halogens is 1. The van der Waals surface area contributed by atoms with Crippen molar-refractivity contribution < 1.29 is 4.79 Å². The van der Waals surface area contributed by atoms with Crippen LogP contribution >= 0.6 is 33.9 Å². The van der Waals surface area contributed by atoms with Crippen LogP contribution in [0.4, 0.5) is 11.4 Å². The van der Waals surface area contributed by atoms with Gasteiger partial charge in [-0.2, -0.15) is 0 Å². The van der Waals surface area contributed by atoms with Crippen LogP contribution in [0.5, 0.6) is 0 Å². The Morgan fingerprint density at radius 3 is 2.68 bits per heavy atom. The summed E-state index contributed by atoms with van der Waals surface area (Å²) in [5, 5.41) is 1.94. The number of thiophene rings is 1. The Morgan fingerprint density at radius 2 is 2.00 bits per heavy atom. The maximum Gasteiger partial charge on any atom is 0.259 e. The van der Waals surface area contributed by atoms with Crippen molar-refractivity contribution in [1.82, 2.24) is 0 Å². The number of benzene rings is 1. The van der Waals surface area contributed by atoms with Crippen LogP contribution in [0.25, 0.3) is 0 Å². The van der Waals surface area contributed by atoms with Crippen LogP contribution in [-0.2, 0) is 0 Å². The van der Waals surface area contributed by atoms with Gasteiger partial charge in [-0.3, -0.25) is 4.79 Å². The molecule has 1 aromatic heterocycles. The molecule has 0 unspecified atom stereocenters. The van der Waals surface area contributed by atoms with Crippen LogP contribution in [0.1, 0.15) is 10.4 Å². The Bertz CT molecular complexity index is 625. The molecule has 0 bridgehead atoms. The van der Waals surface area contributed by atoms with Crippen LogP contribution in [0, 0.1) is 2.88 Å². The van der Waals surface area contributed by atoms with Crippen molar-refractivity contribution in [3.63, 3.8) is 0 Å². The highest BCUT2D eigenvalue weighted by Gasteiger charge is 2.25. The first-order valence-corrected chi connectivity index (χ1v) is 7.99. The van der Waals surface area contributed by atoms with E-state index in [0.29, 0.717) is 0 Å². The van der Waals surface area contributed by atoms with E-state index in [1.807, 2.05) is 34.5 Å². The van der Waals surface area contributed by atoms with Gasteiger partial charge in [0.15, 0.2) is 0 Å². The summed E-state index contributed by atoms with van der Waals surface area (Å²) >= 11 is 3.85. The molecule has 0 N–H and O–H groups in total. The highest BCUT2D eigenvalue weighted by Crippen LogP contribution is 2.33. The average Bonchev–Trinajstić information content (AvgIpc) is 2.86. The van der Waals surface area contributed by atoms with Crippen LogP contribution in [-0.4, -0.2) is 26.0 Å². The molecule has 0 atom stereocenters. The molecule has 0 spiro atoms. The summed E-state index contributed by atoms with van der Waals surface area (Å²) in [7, 11) is 2.06. The molecule has 0 fully saturated rings. The molecule has 1 aliphatic rings. The second kappa shape index (κ2) is 5.13. The average molecular weight is 384 g/mol. The lowest BCUT2D eigenvalue weighted by molar-refractivity contribution is 0.0987. The highest BCUT2D eigenvalue weighted by atomic mass is 127. The van der Waals surface area contributed by atoms with Crippen molar-refractivity contribution in [2.45, 2.75) is 0 Å². The Morgan fingerprint density at radius 1 is 1.26 bits per heavy atom. The minimum atomic E-state index is 0.0970. The maximum absolute atomic E-state index is 12.6. The van der Waals surface area contributed by atoms with Gasteiger partial charge in [0.25, 0.3) is 5.91 Å².